The van der Waals surface area contributed by atoms with Gasteiger partial charge in [-0.2, -0.15) is 0 Å². The van der Waals surface area contributed by atoms with Crippen LogP contribution >= 0.6 is 11.3 Å². The maximum Gasteiger partial charge on any atom is 0.148 e. The SMILES string of the molecule is COc1csc(-c2nc3ccc(F)cc3[nH]2)c1. The molecule has 0 aliphatic rings. The molecule has 0 saturated carbocycles. The molecule has 0 spiro atoms. The number of hydrogen-bond donors (Lipinski definition) is 1. The quantitative estimate of drug-likeness (QED) is 0.754. The Morgan fingerprint density at radius 2 is 2.24 bits per heavy atom. The second-order valence-electron chi connectivity index (χ2n) is 3.60. The molecule has 1 aromatic carbocycles. The van der Waals surface area contributed by atoms with Crippen LogP contribution in [0.15, 0.2) is 29.6 Å². The molecule has 0 unspecified atom stereocenters. The van der Waals surface area contributed by atoms with Crippen molar-refractivity contribution in [1.29, 1.82) is 0 Å². The summed E-state index contributed by atoms with van der Waals surface area (Å²) in [4.78, 5) is 8.47. The maximum absolute atomic E-state index is 13.0. The zero-order chi connectivity index (χ0) is 11.8. The highest BCUT2D eigenvalue weighted by Crippen LogP contribution is 2.30. The number of aromatic amines is 1. The molecule has 0 atom stereocenters. The van der Waals surface area contributed by atoms with Gasteiger partial charge in [0.25, 0.3) is 0 Å². The predicted octanol–water partition coefficient (Wildman–Crippen LogP) is 3.44. The lowest BCUT2D eigenvalue weighted by molar-refractivity contribution is 0.417. The first-order chi connectivity index (χ1) is 8.26. The summed E-state index contributed by atoms with van der Waals surface area (Å²) in [5, 5.41) is 1.91. The summed E-state index contributed by atoms with van der Waals surface area (Å²) in [6.07, 6.45) is 0. The van der Waals surface area contributed by atoms with E-state index in [9.17, 15) is 4.39 Å². The molecule has 0 bridgehead atoms. The molecule has 17 heavy (non-hydrogen) atoms. The molecule has 0 radical (unpaired) electrons. The first-order valence-electron chi connectivity index (χ1n) is 5.04. The highest BCUT2D eigenvalue weighted by Gasteiger charge is 2.08. The lowest BCUT2D eigenvalue weighted by Crippen LogP contribution is -1.77. The summed E-state index contributed by atoms with van der Waals surface area (Å²) in [5.74, 6) is 1.27. The van der Waals surface area contributed by atoms with Crippen molar-refractivity contribution >= 4 is 22.4 Å². The fourth-order valence-electron chi connectivity index (χ4n) is 1.65. The number of rotatable bonds is 2. The van der Waals surface area contributed by atoms with Crippen molar-refractivity contribution in [3.8, 4) is 16.5 Å². The van der Waals surface area contributed by atoms with Gasteiger partial charge in [-0.3, -0.25) is 0 Å². The predicted molar refractivity (Wildman–Crippen MR) is 65.9 cm³/mol. The Bertz CT molecular complexity index is 674. The molecule has 2 heterocycles. The first-order valence-corrected chi connectivity index (χ1v) is 5.92. The van der Waals surface area contributed by atoms with Gasteiger partial charge in [-0.15, -0.1) is 11.3 Å². The van der Waals surface area contributed by atoms with E-state index in [1.165, 1.54) is 23.5 Å². The van der Waals surface area contributed by atoms with Crippen LogP contribution in [0.3, 0.4) is 0 Å². The van der Waals surface area contributed by atoms with Gasteiger partial charge >= 0.3 is 0 Å². The van der Waals surface area contributed by atoms with Crippen LogP contribution < -0.4 is 4.74 Å². The van der Waals surface area contributed by atoms with Crippen molar-refractivity contribution in [2.45, 2.75) is 0 Å². The minimum absolute atomic E-state index is 0.267. The second kappa shape index (κ2) is 3.85. The van der Waals surface area contributed by atoms with Gasteiger partial charge in [0, 0.05) is 11.4 Å². The summed E-state index contributed by atoms with van der Waals surface area (Å²) in [7, 11) is 1.62. The molecule has 2 aromatic heterocycles. The van der Waals surface area contributed by atoms with Crippen molar-refractivity contribution in [3.05, 3.63) is 35.5 Å². The van der Waals surface area contributed by atoms with Gasteiger partial charge in [-0.25, -0.2) is 9.37 Å². The van der Waals surface area contributed by atoms with Gasteiger partial charge in [0.05, 0.1) is 23.0 Å². The third-order valence-corrected chi connectivity index (χ3v) is 3.40. The van der Waals surface area contributed by atoms with E-state index in [-0.39, 0.29) is 5.82 Å². The van der Waals surface area contributed by atoms with Crippen LogP contribution in [0.4, 0.5) is 4.39 Å². The van der Waals surface area contributed by atoms with E-state index < -0.39 is 0 Å². The molecular formula is C12H9FN2OS. The van der Waals surface area contributed by atoms with Gasteiger partial charge in [0.15, 0.2) is 0 Å². The van der Waals surface area contributed by atoms with Gasteiger partial charge in [0.1, 0.15) is 17.4 Å². The zero-order valence-corrected chi connectivity index (χ0v) is 9.84. The lowest BCUT2D eigenvalue weighted by Gasteiger charge is -1.90. The smallest absolute Gasteiger partial charge is 0.148 e. The van der Waals surface area contributed by atoms with Gasteiger partial charge < -0.3 is 9.72 Å². The number of thiophene rings is 1. The zero-order valence-electron chi connectivity index (χ0n) is 9.03. The van der Waals surface area contributed by atoms with Gasteiger partial charge in [0.2, 0.25) is 0 Å². The Hall–Kier alpha value is -1.88. The molecule has 0 aliphatic carbocycles. The Morgan fingerprint density at radius 3 is 3.00 bits per heavy atom. The molecule has 5 heteroatoms. The Balaban J connectivity index is 2.11. The van der Waals surface area contributed by atoms with Gasteiger partial charge in [-0.1, -0.05) is 0 Å². The van der Waals surface area contributed by atoms with E-state index in [1.54, 1.807) is 13.2 Å². The minimum Gasteiger partial charge on any atom is -0.496 e. The van der Waals surface area contributed by atoms with E-state index in [4.69, 9.17) is 4.74 Å². The standard InChI is InChI=1S/C12H9FN2OS/c1-16-8-5-11(17-6-8)12-14-9-3-2-7(13)4-10(9)15-12/h2-6H,1H3,(H,14,15). The number of halogens is 1. The van der Waals surface area contributed by atoms with Gasteiger partial charge in [-0.05, 0) is 18.2 Å². The molecule has 86 valence electrons. The minimum atomic E-state index is -0.267. The molecule has 0 amide bonds. The summed E-state index contributed by atoms with van der Waals surface area (Å²) in [6, 6.07) is 6.41. The average Bonchev–Trinajstić information content (AvgIpc) is 2.93. The first kappa shape index (κ1) is 10.3. The fraction of sp³-hybridized carbons (Fsp3) is 0.0833. The molecule has 3 rings (SSSR count). The van der Waals surface area contributed by atoms with E-state index in [0.29, 0.717) is 5.52 Å². The van der Waals surface area contributed by atoms with Crippen LogP contribution in [-0.2, 0) is 0 Å². The number of fused-ring (bicyclic) bond motifs is 1. The van der Waals surface area contributed by atoms with Crippen molar-refractivity contribution in [2.24, 2.45) is 0 Å². The van der Waals surface area contributed by atoms with Crippen molar-refractivity contribution in [2.75, 3.05) is 7.11 Å². The number of ether oxygens (including phenoxy) is 1. The summed E-state index contributed by atoms with van der Waals surface area (Å²) in [6.45, 7) is 0. The van der Waals surface area contributed by atoms with E-state index in [0.717, 1.165) is 22.0 Å². The summed E-state index contributed by atoms with van der Waals surface area (Å²) >= 11 is 1.53. The van der Waals surface area contributed by atoms with E-state index >= 15 is 0 Å². The van der Waals surface area contributed by atoms with Crippen LogP contribution in [0.2, 0.25) is 0 Å². The number of nitrogens with one attached hydrogen (secondary N) is 1. The van der Waals surface area contributed by atoms with E-state index in [1.807, 2.05) is 11.4 Å². The largest absolute Gasteiger partial charge is 0.496 e. The number of imidazole rings is 1. The molecule has 3 nitrogen and oxygen atoms in total. The Labute approximate surface area is 101 Å². The molecule has 3 aromatic rings. The second-order valence-corrected chi connectivity index (χ2v) is 4.51. The molecule has 0 aliphatic heterocycles. The third kappa shape index (κ3) is 1.78. The van der Waals surface area contributed by atoms with Crippen LogP contribution in [0.1, 0.15) is 0 Å². The molecular weight excluding hydrogens is 239 g/mol. The maximum atomic E-state index is 13.0. The van der Waals surface area contributed by atoms with Crippen LogP contribution in [0.5, 0.6) is 5.75 Å². The normalized spacial score (nSPS) is 10.9. The summed E-state index contributed by atoms with van der Waals surface area (Å²) in [5.41, 5.74) is 1.46. The molecule has 0 saturated heterocycles. The van der Waals surface area contributed by atoms with Crippen LogP contribution in [0, 0.1) is 5.82 Å². The number of aromatic nitrogens is 2. The lowest BCUT2D eigenvalue weighted by atomic mass is 10.3. The molecule has 1 N–H and O–H groups in total. The number of H-pyrrole nitrogens is 1. The average molecular weight is 248 g/mol. The summed E-state index contributed by atoms with van der Waals surface area (Å²) < 4.78 is 18.2. The number of nitrogens with zero attached hydrogens (tertiary/aromatic N) is 1. The number of benzene rings is 1. The number of hydrogen-bond acceptors (Lipinski definition) is 3. The monoisotopic (exact) mass is 248 g/mol. The van der Waals surface area contributed by atoms with Crippen molar-refractivity contribution < 1.29 is 9.13 Å². The van der Waals surface area contributed by atoms with Crippen LogP contribution in [0.25, 0.3) is 21.7 Å². The van der Waals surface area contributed by atoms with Crippen molar-refractivity contribution in [3.63, 3.8) is 0 Å². The highest BCUT2D eigenvalue weighted by atomic mass is 32.1. The van der Waals surface area contributed by atoms with E-state index in [2.05, 4.69) is 9.97 Å². The Morgan fingerprint density at radius 1 is 1.35 bits per heavy atom. The third-order valence-electron chi connectivity index (χ3n) is 2.49. The highest BCUT2D eigenvalue weighted by molar-refractivity contribution is 7.13. The fourth-order valence-corrected chi connectivity index (χ4v) is 2.45. The topological polar surface area (TPSA) is 37.9 Å². The number of methoxy groups -OCH3 is 1. The van der Waals surface area contributed by atoms with Crippen LogP contribution in [-0.4, -0.2) is 17.1 Å². The Kier molecular flexibility index (Phi) is 2.33. The van der Waals surface area contributed by atoms with Crippen molar-refractivity contribution in [1.82, 2.24) is 9.97 Å². The molecule has 0 fully saturated rings.